The van der Waals surface area contributed by atoms with Crippen molar-refractivity contribution in [3.8, 4) is 0 Å². The first-order valence-electron chi connectivity index (χ1n) is 6.59. The van der Waals surface area contributed by atoms with E-state index in [1.807, 2.05) is 0 Å². The highest BCUT2D eigenvalue weighted by molar-refractivity contribution is 7.89. The summed E-state index contributed by atoms with van der Waals surface area (Å²) in [5.41, 5.74) is -0.360. The van der Waals surface area contributed by atoms with Crippen molar-refractivity contribution < 1.29 is 26.7 Å². The molecule has 9 heteroatoms. The van der Waals surface area contributed by atoms with Gasteiger partial charge in [0.15, 0.2) is 9.84 Å². The number of rotatable bonds is 5. The zero-order chi connectivity index (χ0) is 17.3. The van der Waals surface area contributed by atoms with Gasteiger partial charge in [0.1, 0.15) is 5.69 Å². The van der Waals surface area contributed by atoms with Crippen molar-refractivity contribution in [2.75, 3.05) is 0 Å². The third kappa shape index (κ3) is 4.32. The standard InChI is InChI=1S/C14H15F3N2O3S/c1-19-13(14(15,16)17)12(6-18-19)9-23(21,22)8-11-4-2-10(7-20)3-5-11/h2-6,20H,7-9H2,1H3. The van der Waals surface area contributed by atoms with Gasteiger partial charge in [-0.1, -0.05) is 24.3 Å². The quantitative estimate of drug-likeness (QED) is 0.898. The van der Waals surface area contributed by atoms with Crippen molar-refractivity contribution in [3.63, 3.8) is 0 Å². The Morgan fingerprint density at radius 2 is 1.70 bits per heavy atom. The van der Waals surface area contributed by atoms with Gasteiger partial charge in [0.2, 0.25) is 0 Å². The first kappa shape index (κ1) is 17.5. The number of halogens is 3. The largest absolute Gasteiger partial charge is 0.433 e. The van der Waals surface area contributed by atoms with Gasteiger partial charge in [-0.3, -0.25) is 4.68 Å². The van der Waals surface area contributed by atoms with E-state index >= 15 is 0 Å². The van der Waals surface area contributed by atoms with Gasteiger partial charge in [0, 0.05) is 12.6 Å². The van der Waals surface area contributed by atoms with Gasteiger partial charge in [0.25, 0.3) is 0 Å². The highest BCUT2D eigenvalue weighted by atomic mass is 32.2. The lowest BCUT2D eigenvalue weighted by Gasteiger charge is -2.10. The fourth-order valence-corrected chi connectivity index (χ4v) is 3.72. The fraction of sp³-hybridized carbons (Fsp3) is 0.357. The molecular formula is C14H15F3N2O3S. The van der Waals surface area contributed by atoms with Crippen molar-refractivity contribution in [3.05, 3.63) is 52.8 Å². The Morgan fingerprint density at radius 3 is 2.22 bits per heavy atom. The summed E-state index contributed by atoms with van der Waals surface area (Å²) in [4.78, 5) is 0. The minimum Gasteiger partial charge on any atom is -0.392 e. The van der Waals surface area contributed by atoms with Crippen LogP contribution in [0.2, 0.25) is 0 Å². The number of sulfone groups is 1. The predicted molar refractivity (Wildman–Crippen MR) is 76.9 cm³/mol. The van der Waals surface area contributed by atoms with Crippen LogP contribution in [0.1, 0.15) is 22.4 Å². The van der Waals surface area contributed by atoms with Gasteiger partial charge < -0.3 is 5.11 Å². The Kier molecular flexibility index (Phi) is 4.81. The molecule has 23 heavy (non-hydrogen) atoms. The van der Waals surface area contributed by atoms with Crippen LogP contribution in [0.15, 0.2) is 30.5 Å². The maximum atomic E-state index is 12.9. The summed E-state index contributed by atoms with van der Waals surface area (Å²) >= 11 is 0. The minimum atomic E-state index is -4.67. The van der Waals surface area contributed by atoms with Crippen molar-refractivity contribution in [1.29, 1.82) is 0 Å². The number of hydrogen-bond donors (Lipinski definition) is 1. The van der Waals surface area contributed by atoms with Crippen LogP contribution in [0.5, 0.6) is 0 Å². The molecule has 0 fully saturated rings. The van der Waals surface area contributed by atoms with Crippen LogP contribution in [0.4, 0.5) is 13.2 Å². The van der Waals surface area contributed by atoms with E-state index in [1.54, 1.807) is 12.1 Å². The second kappa shape index (κ2) is 6.32. The normalized spacial score (nSPS) is 12.6. The SMILES string of the molecule is Cn1ncc(CS(=O)(=O)Cc2ccc(CO)cc2)c1C(F)(F)F. The van der Waals surface area contributed by atoms with Gasteiger partial charge in [-0.25, -0.2) is 8.42 Å². The first-order chi connectivity index (χ1) is 10.6. The van der Waals surface area contributed by atoms with Crippen molar-refractivity contribution in [1.82, 2.24) is 9.78 Å². The molecule has 0 aliphatic rings. The molecule has 1 N–H and O–H groups in total. The summed E-state index contributed by atoms with van der Waals surface area (Å²) in [5, 5.41) is 12.4. The number of nitrogens with zero attached hydrogens (tertiary/aromatic N) is 2. The number of aromatic nitrogens is 2. The molecule has 126 valence electrons. The Morgan fingerprint density at radius 1 is 1.13 bits per heavy atom. The third-order valence-corrected chi connectivity index (χ3v) is 4.77. The number of hydrogen-bond acceptors (Lipinski definition) is 4. The average molecular weight is 348 g/mol. The molecule has 1 aromatic heterocycles. The maximum Gasteiger partial charge on any atom is 0.433 e. The van der Waals surface area contributed by atoms with E-state index in [2.05, 4.69) is 5.10 Å². The van der Waals surface area contributed by atoms with Crippen LogP contribution < -0.4 is 0 Å². The summed E-state index contributed by atoms with van der Waals surface area (Å²) in [7, 11) is -2.67. The number of aryl methyl sites for hydroxylation is 1. The van der Waals surface area contributed by atoms with E-state index < -0.39 is 27.5 Å². The monoisotopic (exact) mass is 348 g/mol. The van der Waals surface area contributed by atoms with Gasteiger partial charge in [0.05, 0.1) is 24.3 Å². The van der Waals surface area contributed by atoms with Crippen LogP contribution in [0.25, 0.3) is 0 Å². The molecule has 0 amide bonds. The van der Waals surface area contributed by atoms with Gasteiger partial charge in [-0.2, -0.15) is 18.3 Å². The number of alkyl halides is 3. The second-order valence-corrected chi connectivity index (χ2v) is 7.21. The molecule has 0 aliphatic heterocycles. The Balaban J connectivity index is 2.22. The second-order valence-electron chi connectivity index (χ2n) is 5.15. The highest BCUT2D eigenvalue weighted by Gasteiger charge is 2.38. The first-order valence-corrected chi connectivity index (χ1v) is 8.41. The lowest BCUT2D eigenvalue weighted by atomic mass is 10.2. The molecule has 1 heterocycles. The Bertz CT molecular complexity index is 781. The molecule has 0 saturated heterocycles. The lowest BCUT2D eigenvalue weighted by Crippen LogP contribution is -2.16. The maximum absolute atomic E-state index is 12.9. The molecule has 0 atom stereocenters. The van der Waals surface area contributed by atoms with Crippen LogP contribution in [-0.2, 0) is 41.2 Å². The highest BCUT2D eigenvalue weighted by Crippen LogP contribution is 2.32. The number of aliphatic hydroxyl groups is 1. The van der Waals surface area contributed by atoms with Gasteiger partial charge >= 0.3 is 6.18 Å². The molecule has 1 aromatic carbocycles. The summed E-state index contributed by atoms with van der Waals surface area (Å²) in [6.07, 6.45) is -3.74. The summed E-state index contributed by atoms with van der Waals surface area (Å²) in [5.74, 6) is -1.12. The average Bonchev–Trinajstić information content (AvgIpc) is 2.79. The minimum absolute atomic E-state index is 0.169. The Hall–Kier alpha value is -1.87. The molecule has 0 bridgehead atoms. The van der Waals surface area contributed by atoms with E-state index in [0.717, 1.165) is 13.2 Å². The molecule has 0 aliphatic carbocycles. The summed E-state index contributed by atoms with van der Waals surface area (Å²) < 4.78 is 63.8. The van der Waals surface area contributed by atoms with Gasteiger partial charge in [-0.15, -0.1) is 0 Å². The lowest BCUT2D eigenvalue weighted by molar-refractivity contribution is -0.144. The van der Waals surface area contributed by atoms with E-state index in [1.165, 1.54) is 12.1 Å². The van der Waals surface area contributed by atoms with Crippen LogP contribution in [-0.4, -0.2) is 23.3 Å². The summed E-state index contributed by atoms with van der Waals surface area (Å²) in [6.45, 7) is -0.169. The fourth-order valence-electron chi connectivity index (χ4n) is 2.24. The van der Waals surface area contributed by atoms with Crippen molar-refractivity contribution in [2.24, 2.45) is 7.05 Å². The molecular weight excluding hydrogens is 333 g/mol. The van der Waals surface area contributed by atoms with E-state index in [0.29, 0.717) is 15.8 Å². The van der Waals surface area contributed by atoms with Crippen molar-refractivity contribution in [2.45, 2.75) is 24.3 Å². The van der Waals surface area contributed by atoms with E-state index in [-0.39, 0.29) is 17.9 Å². The predicted octanol–water partition coefficient (Wildman–Crippen LogP) is 2.05. The summed E-state index contributed by atoms with van der Waals surface area (Å²) in [6, 6.07) is 6.18. The molecule has 5 nitrogen and oxygen atoms in total. The molecule has 2 aromatic rings. The molecule has 0 spiro atoms. The van der Waals surface area contributed by atoms with E-state index in [4.69, 9.17) is 5.11 Å². The Labute approximate surface area is 131 Å². The molecule has 0 radical (unpaired) electrons. The zero-order valence-electron chi connectivity index (χ0n) is 12.2. The number of aliphatic hydroxyl groups excluding tert-OH is 1. The van der Waals surface area contributed by atoms with Crippen LogP contribution in [0, 0.1) is 0 Å². The molecule has 0 saturated carbocycles. The molecule has 2 rings (SSSR count). The third-order valence-electron chi connectivity index (χ3n) is 3.25. The topological polar surface area (TPSA) is 72.2 Å². The number of benzene rings is 1. The van der Waals surface area contributed by atoms with Crippen molar-refractivity contribution >= 4 is 9.84 Å². The zero-order valence-corrected chi connectivity index (χ0v) is 13.0. The van der Waals surface area contributed by atoms with Crippen LogP contribution >= 0.6 is 0 Å². The van der Waals surface area contributed by atoms with Crippen LogP contribution in [0.3, 0.4) is 0 Å². The smallest absolute Gasteiger partial charge is 0.392 e. The molecule has 0 unspecified atom stereocenters. The van der Waals surface area contributed by atoms with E-state index in [9.17, 15) is 21.6 Å². The van der Waals surface area contributed by atoms with Gasteiger partial charge in [-0.05, 0) is 11.1 Å².